The number of ether oxygens (including phenoxy) is 3. The van der Waals surface area contributed by atoms with E-state index < -0.39 is 6.61 Å². The van der Waals surface area contributed by atoms with Crippen molar-refractivity contribution in [1.82, 2.24) is 9.88 Å². The monoisotopic (exact) mass is 420 g/mol. The summed E-state index contributed by atoms with van der Waals surface area (Å²) >= 11 is 0. The number of nitrogens with zero attached hydrogens (tertiary/aromatic N) is 2. The number of pyridine rings is 1. The van der Waals surface area contributed by atoms with Crippen molar-refractivity contribution in [3.8, 4) is 17.4 Å². The zero-order chi connectivity index (χ0) is 21.7. The van der Waals surface area contributed by atoms with Crippen LogP contribution in [0.2, 0.25) is 0 Å². The minimum atomic E-state index is -2.93. The number of rotatable bonds is 8. The average molecular weight is 420 g/mol. The van der Waals surface area contributed by atoms with Gasteiger partial charge in [-0.15, -0.1) is 0 Å². The highest BCUT2D eigenvalue weighted by Gasteiger charge is 2.35. The lowest BCUT2D eigenvalue weighted by Crippen LogP contribution is -2.42. The predicted octanol–water partition coefficient (Wildman–Crippen LogP) is 4.30. The van der Waals surface area contributed by atoms with Gasteiger partial charge in [0.1, 0.15) is 17.8 Å². The minimum Gasteiger partial charge on any atom is -0.496 e. The third-order valence-corrected chi connectivity index (χ3v) is 5.41. The number of likely N-dealkylation sites (tertiary alicyclic amines) is 1. The average Bonchev–Trinajstić information content (AvgIpc) is 2.75. The molecule has 2 heterocycles. The van der Waals surface area contributed by atoms with E-state index in [1.165, 1.54) is 6.20 Å². The summed E-state index contributed by atoms with van der Waals surface area (Å²) in [6, 6.07) is 7.00. The van der Waals surface area contributed by atoms with Crippen LogP contribution in [0.25, 0.3) is 0 Å². The molecule has 1 aromatic heterocycles. The van der Waals surface area contributed by atoms with Gasteiger partial charge in [0.05, 0.1) is 25.8 Å². The Morgan fingerprint density at radius 1 is 1.23 bits per heavy atom. The van der Waals surface area contributed by atoms with Gasteiger partial charge >= 0.3 is 6.61 Å². The van der Waals surface area contributed by atoms with Crippen LogP contribution in [-0.2, 0) is 11.3 Å². The summed E-state index contributed by atoms with van der Waals surface area (Å²) in [4.78, 5) is 18.0. The summed E-state index contributed by atoms with van der Waals surface area (Å²) in [6.07, 6.45) is 4.95. The molecule has 1 saturated heterocycles. The summed E-state index contributed by atoms with van der Waals surface area (Å²) in [5.41, 5.74) is 2.22. The van der Waals surface area contributed by atoms with Gasteiger partial charge in [0.25, 0.3) is 0 Å². The van der Waals surface area contributed by atoms with Crippen molar-refractivity contribution in [1.29, 1.82) is 0 Å². The number of hydrogen-bond donors (Lipinski definition) is 0. The number of carbonyl (C=O) groups is 1. The van der Waals surface area contributed by atoms with E-state index in [9.17, 15) is 13.6 Å². The molecule has 162 valence electrons. The van der Waals surface area contributed by atoms with Gasteiger partial charge in [0.15, 0.2) is 0 Å². The molecule has 1 fully saturated rings. The topological polar surface area (TPSA) is 60.9 Å². The summed E-state index contributed by atoms with van der Waals surface area (Å²) in [6.45, 7) is -0.827. The molecule has 30 heavy (non-hydrogen) atoms. The fourth-order valence-corrected chi connectivity index (χ4v) is 4.10. The van der Waals surface area contributed by atoms with Crippen LogP contribution in [0.15, 0.2) is 30.5 Å². The fraction of sp³-hybridized carbons (Fsp3) is 0.455. The van der Waals surface area contributed by atoms with Gasteiger partial charge in [0, 0.05) is 24.3 Å². The Kier molecular flexibility index (Phi) is 7.20. The fourth-order valence-electron chi connectivity index (χ4n) is 4.10. The van der Waals surface area contributed by atoms with Crippen LogP contribution in [0.4, 0.5) is 8.78 Å². The summed E-state index contributed by atoms with van der Waals surface area (Å²) in [7, 11) is 3.22. The van der Waals surface area contributed by atoms with Crippen molar-refractivity contribution in [2.24, 2.45) is 0 Å². The van der Waals surface area contributed by atoms with E-state index in [0.717, 1.165) is 36.7 Å². The quantitative estimate of drug-likeness (QED) is 0.594. The number of alkyl halides is 2. The highest BCUT2D eigenvalue weighted by molar-refractivity contribution is 5.59. The van der Waals surface area contributed by atoms with Crippen molar-refractivity contribution < 1.29 is 27.8 Å². The first kappa shape index (κ1) is 22.0. The molecule has 0 radical (unpaired) electrons. The van der Waals surface area contributed by atoms with Crippen LogP contribution >= 0.6 is 0 Å². The molecule has 3 rings (SSSR count). The first-order valence-corrected chi connectivity index (χ1v) is 9.80. The second-order valence-electron chi connectivity index (χ2n) is 7.24. The number of halogens is 2. The third-order valence-electron chi connectivity index (χ3n) is 5.41. The van der Waals surface area contributed by atoms with Crippen molar-refractivity contribution >= 4 is 6.29 Å². The molecule has 1 aliphatic heterocycles. The molecule has 6 nitrogen and oxygen atoms in total. The van der Waals surface area contributed by atoms with Crippen molar-refractivity contribution in [2.75, 3.05) is 14.2 Å². The van der Waals surface area contributed by atoms with Gasteiger partial charge in [-0.2, -0.15) is 8.78 Å². The number of hydrogen-bond acceptors (Lipinski definition) is 6. The number of aryl methyl sites for hydroxylation is 1. The highest BCUT2D eigenvalue weighted by atomic mass is 19.3. The van der Waals surface area contributed by atoms with Crippen LogP contribution in [0.5, 0.6) is 17.4 Å². The van der Waals surface area contributed by atoms with Crippen LogP contribution in [0.1, 0.15) is 42.0 Å². The molecule has 0 bridgehead atoms. The molecule has 0 amide bonds. The zero-order valence-corrected chi connectivity index (χ0v) is 17.3. The summed E-state index contributed by atoms with van der Waals surface area (Å²) in [5, 5.41) is 0. The smallest absolute Gasteiger partial charge is 0.388 e. The second kappa shape index (κ2) is 9.84. The molecule has 2 atom stereocenters. The molecule has 1 aliphatic rings. The maximum Gasteiger partial charge on any atom is 0.388 e. The molecule has 0 spiro atoms. The SMILES string of the molecule is COc1cccc(OC)c1C1CCCC(C=O)N1Cc1cnc(OC(F)F)c(C)c1. The lowest BCUT2D eigenvalue weighted by Gasteiger charge is -2.41. The predicted molar refractivity (Wildman–Crippen MR) is 107 cm³/mol. The van der Waals surface area contributed by atoms with E-state index in [1.807, 2.05) is 18.2 Å². The van der Waals surface area contributed by atoms with E-state index >= 15 is 0 Å². The number of aldehydes is 1. The number of piperidine rings is 1. The van der Waals surface area contributed by atoms with E-state index in [1.54, 1.807) is 27.2 Å². The van der Waals surface area contributed by atoms with Gasteiger partial charge < -0.3 is 19.0 Å². The molecular formula is C22H26F2N2O4. The molecule has 0 N–H and O–H groups in total. The van der Waals surface area contributed by atoms with E-state index in [2.05, 4.69) is 14.6 Å². The Hall–Kier alpha value is -2.74. The van der Waals surface area contributed by atoms with Crippen LogP contribution in [-0.4, -0.2) is 43.0 Å². The van der Waals surface area contributed by atoms with Gasteiger partial charge in [0.2, 0.25) is 5.88 Å². The van der Waals surface area contributed by atoms with Crippen LogP contribution < -0.4 is 14.2 Å². The van der Waals surface area contributed by atoms with Crippen LogP contribution in [0.3, 0.4) is 0 Å². The van der Waals surface area contributed by atoms with Gasteiger partial charge in [-0.1, -0.05) is 6.07 Å². The maximum atomic E-state index is 12.5. The third kappa shape index (κ3) is 4.70. The van der Waals surface area contributed by atoms with Crippen LogP contribution in [0, 0.1) is 6.92 Å². The molecule has 1 aromatic carbocycles. The lowest BCUT2D eigenvalue weighted by molar-refractivity contribution is -0.115. The number of aromatic nitrogens is 1. The molecule has 8 heteroatoms. The molecule has 0 saturated carbocycles. The maximum absolute atomic E-state index is 12.5. The number of benzene rings is 1. The first-order chi connectivity index (χ1) is 14.5. The largest absolute Gasteiger partial charge is 0.496 e. The number of methoxy groups -OCH3 is 2. The molecular weight excluding hydrogens is 394 g/mol. The Bertz CT molecular complexity index is 856. The minimum absolute atomic E-state index is 0.0951. The van der Waals surface area contributed by atoms with E-state index in [0.29, 0.717) is 23.6 Å². The summed E-state index contributed by atoms with van der Waals surface area (Å²) in [5.74, 6) is 1.30. The van der Waals surface area contributed by atoms with Gasteiger partial charge in [-0.05, 0) is 49.9 Å². The zero-order valence-electron chi connectivity index (χ0n) is 17.3. The normalized spacial score (nSPS) is 19.5. The Labute approximate surface area is 174 Å². The van der Waals surface area contributed by atoms with Crippen molar-refractivity contribution in [3.05, 3.63) is 47.2 Å². The lowest BCUT2D eigenvalue weighted by atomic mass is 9.89. The van der Waals surface area contributed by atoms with Gasteiger partial charge in [-0.3, -0.25) is 4.90 Å². The Balaban J connectivity index is 1.96. The van der Waals surface area contributed by atoms with Gasteiger partial charge in [-0.25, -0.2) is 4.98 Å². The summed E-state index contributed by atoms with van der Waals surface area (Å²) < 4.78 is 40.6. The standard InChI is InChI=1S/C22H26F2N2O4/c1-14-10-15(11-25-21(14)30-22(23)24)12-26-16(13-27)6-4-7-17(26)20-18(28-2)8-5-9-19(20)29-3/h5,8-11,13,16-17,22H,4,6-7,12H2,1-3H3. The van der Waals surface area contributed by atoms with Crippen molar-refractivity contribution in [3.63, 3.8) is 0 Å². The molecule has 2 aromatic rings. The number of carbonyl (C=O) groups excluding carboxylic acids is 1. The Morgan fingerprint density at radius 3 is 2.50 bits per heavy atom. The molecule has 0 aliphatic carbocycles. The van der Waals surface area contributed by atoms with Crippen molar-refractivity contribution in [2.45, 2.75) is 51.4 Å². The first-order valence-electron chi connectivity index (χ1n) is 9.80. The second-order valence-corrected chi connectivity index (χ2v) is 7.24. The highest BCUT2D eigenvalue weighted by Crippen LogP contribution is 2.43. The van der Waals surface area contributed by atoms with E-state index in [-0.39, 0.29) is 18.0 Å². The Morgan fingerprint density at radius 2 is 1.93 bits per heavy atom. The molecule has 2 unspecified atom stereocenters. The van der Waals surface area contributed by atoms with E-state index in [4.69, 9.17) is 9.47 Å².